The van der Waals surface area contributed by atoms with E-state index in [2.05, 4.69) is 26.1 Å². The van der Waals surface area contributed by atoms with Crippen molar-refractivity contribution in [3.05, 3.63) is 0 Å². The first-order valence-corrected chi connectivity index (χ1v) is 7.78. The molecular weight excluding hydrogens is 222 g/mol. The standard InChI is InChI=1S/C16H31NO/c1-15(2)13-8-9-16(15,3)14(12-13)18-11-7-5-6-10-17-4/h13-14,17H,5-12H2,1-4H3. The predicted molar refractivity (Wildman–Crippen MR) is 76.7 cm³/mol. The van der Waals surface area contributed by atoms with Gasteiger partial charge < -0.3 is 10.1 Å². The zero-order valence-corrected chi connectivity index (χ0v) is 12.7. The Kier molecular flexibility index (Phi) is 4.38. The minimum atomic E-state index is 0.433. The first kappa shape index (κ1) is 14.3. The van der Waals surface area contributed by atoms with Crippen LogP contribution in [-0.4, -0.2) is 26.3 Å². The second-order valence-electron chi connectivity index (χ2n) is 7.13. The van der Waals surface area contributed by atoms with Gasteiger partial charge in [0.25, 0.3) is 0 Å². The van der Waals surface area contributed by atoms with E-state index in [4.69, 9.17) is 4.74 Å². The summed E-state index contributed by atoms with van der Waals surface area (Å²) in [5.74, 6) is 0.900. The molecule has 2 aliphatic carbocycles. The van der Waals surface area contributed by atoms with Crippen molar-refractivity contribution in [3.8, 4) is 0 Å². The Morgan fingerprint density at radius 3 is 2.50 bits per heavy atom. The summed E-state index contributed by atoms with van der Waals surface area (Å²) in [5.41, 5.74) is 0.923. The number of ether oxygens (including phenoxy) is 1. The summed E-state index contributed by atoms with van der Waals surface area (Å²) in [6, 6.07) is 0. The Morgan fingerprint density at radius 1 is 1.17 bits per heavy atom. The average molecular weight is 253 g/mol. The molecule has 0 aromatic rings. The van der Waals surface area contributed by atoms with E-state index < -0.39 is 0 Å². The van der Waals surface area contributed by atoms with Gasteiger partial charge >= 0.3 is 0 Å². The van der Waals surface area contributed by atoms with Crippen LogP contribution in [0.5, 0.6) is 0 Å². The molecule has 0 amide bonds. The summed E-state index contributed by atoms with van der Waals surface area (Å²) in [7, 11) is 2.02. The summed E-state index contributed by atoms with van der Waals surface area (Å²) in [6.07, 6.45) is 8.41. The van der Waals surface area contributed by atoms with E-state index in [1.54, 1.807) is 0 Å². The Balaban J connectivity index is 1.72. The number of hydrogen-bond acceptors (Lipinski definition) is 2. The average Bonchev–Trinajstić information content (AvgIpc) is 2.66. The van der Waals surface area contributed by atoms with Crippen molar-refractivity contribution in [2.45, 2.75) is 65.4 Å². The number of rotatable bonds is 7. The maximum absolute atomic E-state index is 6.24. The lowest BCUT2D eigenvalue weighted by molar-refractivity contribution is -0.0475. The Bertz CT molecular complexity index is 276. The smallest absolute Gasteiger partial charge is 0.0636 e. The van der Waals surface area contributed by atoms with E-state index >= 15 is 0 Å². The third-order valence-corrected chi connectivity index (χ3v) is 6.10. The van der Waals surface area contributed by atoms with E-state index in [0.717, 1.165) is 19.1 Å². The van der Waals surface area contributed by atoms with Gasteiger partial charge in [-0.25, -0.2) is 0 Å². The van der Waals surface area contributed by atoms with Crippen LogP contribution in [0.15, 0.2) is 0 Å². The molecule has 0 saturated heterocycles. The summed E-state index contributed by atoms with van der Waals surface area (Å²) < 4.78 is 6.24. The molecule has 2 aliphatic rings. The Hall–Kier alpha value is -0.0800. The minimum absolute atomic E-state index is 0.433. The summed E-state index contributed by atoms with van der Waals surface area (Å²) in [6.45, 7) is 9.48. The van der Waals surface area contributed by atoms with E-state index in [1.807, 2.05) is 7.05 Å². The van der Waals surface area contributed by atoms with Gasteiger partial charge in [0.1, 0.15) is 0 Å². The zero-order valence-electron chi connectivity index (χ0n) is 12.7. The van der Waals surface area contributed by atoms with Gasteiger partial charge in [0, 0.05) is 6.61 Å². The molecule has 2 heteroatoms. The number of unbranched alkanes of at least 4 members (excludes halogenated alkanes) is 2. The molecule has 2 saturated carbocycles. The Morgan fingerprint density at radius 2 is 1.94 bits per heavy atom. The van der Waals surface area contributed by atoms with Gasteiger partial charge in [0.15, 0.2) is 0 Å². The summed E-state index contributed by atoms with van der Waals surface area (Å²) in [4.78, 5) is 0. The zero-order chi connectivity index (χ0) is 13.2. The van der Waals surface area contributed by atoms with Gasteiger partial charge in [-0.1, -0.05) is 20.8 Å². The van der Waals surface area contributed by atoms with Crippen LogP contribution >= 0.6 is 0 Å². The van der Waals surface area contributed by atoms with E-state index in [-0.39, 0.29) is 0 Å². The second-order valence-corrected chi connectivity index (χ2v) is 7.13. The summed E-state index contributed by atoms with van der Waals surface area (Å²) in [5, 5.41) is 3.20. The third-order valence-electron chi connectivity index (χ3n) is 6.10. The highest BCUT2D eigenvalue weighted by Gasteiger charge is 2.61. The molecule has 3 unspecified atom stereocenters. The molecule has 2 rings (SSSR count). The molecule has 2 bridgehead atoms. The van der Waals surface area contributed by atoms with E-state index in [9.17, 15) is 0 Å². The maximum Gasteiger partial charge on any atom is 0.0636 e. The van der Waals surface area contributed by atoms with Crippen molar-refractivity contribution in [3.63, 3.8) is 0 Å². The highest BCUT2D eigenvalue weighted by Crippen LogP contribution is 2.66. The number of hydrogen-bond donors (Lipinski definition) is 1. The normalized spacial score (nSPS) is 37.3. The monoisotopic (exact) mass is 253 g/mol. The van der Waals surface area contributed by atoms with Crippen molar-refractivity contribution in [1.82, 2.24) is 5.32 Å². The maximum atomic E-state index is 6.24. The second kappa shape index (κ2) is 5.50. The molecule has 0 aromatic carbocycles. The lowest BCUT2D eigenvalue weighted by Gasteiger charge is -2.39. The largest absolute Gasteiger partial charge is 0.378 e. The van der Waals surface area contributed by atoms with Gasteiger partial charge in [0.05, 0.1) is 6.10 Å². The van der Waals surface area contributed by atoms with Gasteiger partial charge in [-0.15, -0.1) is 0 Å². The lowest BCUT2D eigenvalue weighted by atomic mass is 9.70. The Labute approximate surface area is 113 Å². The molecule has 106 valence electrons. The van der Waals surface area contributed by atoms with Crippen LogP contribution in [0.1, 0.15) is 59.3 Å². The molecule has 0 heterocycles. The molecule has 0 aromatic heterocycles. The van der Waals surface area contributed by atoms with E-state index in [0.29, 0.717) is 16.9 Å². The van der Waals surface area contributed by atoms with Gasteiger partial charge in [0.2, 0.25) is 0 Å². The SMILES string of the molecule is CNCCCCCOC1CC2CCC1(C)C2(C)C. The first-order valence-electron chi connectivity index (χ1n) is 7.78. The third kappa shape index (κ3) is 2.34. The molecule has 0 spiro atoms. The van der Waals surface area contributed by atoms with Crippen molar-refractivity contribution < 1.29 is 4.74 Å². The highest BCUT2D eigenvalue weighted by atomic mass is 16.5. The fourth-order valence-electron chi connectivity index (χ4n) is 4.19. The fraction of sp³-hybridized carbons (Fsp3) is 1.00. The molecule has 1 N–H and O–H groups in total. The van der Waals surface area contributed by atoms with Crippen molar-refractivity contribution in [1.29, 1.82) is 0 Å². The summed E-state index contributed by atoms with van der Waals surface area (Å²) >= 11 is 0. The molecule has 2 nitrogen and oxygen atoms in total. The van der Waals surface area contributed by atoms with E-state index in [1.165, 1.54) is 38.5 Å². The van der Waals surface area contributed by atoms with Crippen LogP contribution < -0.4 is 5.32 Å². The predicted octanol–water partition coefficient (Wildman–Crippen LogP) is 3.61. The molecule has 2 fully saturated rings. The molecular formula is C16H31NO. The minimum Gasteiger partial charge on any atom is -0.378 e. The number of nitrogens with one attached hydrogen (secondary N) is 1. The van der Waals surface area contributed by atoms with Gasteiger partial charge in [-0.05, 0) is 68.9 Å². The quantitative estimate of drug-likeness (QED) is 0.700. The molecule has 0 radical (unpaired) electrons. The lowest BCUT2D eigenvalue weighted by Crippen LogP contribution is -2.37. The topological polar surface area (TPSA) is 21.3 Å². The van der Waals surface area contributed by atoms with Crippen LogP contribution in [0, 0.1) is 16.7 Å². The van der Waals surface area contributed by atoms with Crippen LogP contribution in [0.3, 0.4) is 0 Å². The fourth-order valence-corrected chi connectivity index (χ4v) is 4.19. The molecule has 3 atom stereocenters. The van der Waals surface area contributed by atoms with Crippen LogP contribution in [0.2, 0.25) is 0 Å². The highest BCUT2D eigenvalue weighted by molar-refractivity contribution is 5.11. The van der Waals surface area contributed by atoms with Crippen molar-refractivity contribution >= 4 is 0 Å². The van der Waals surface area contributed by atoms with Crippen LogP contribution in [0.25, 0.3) is 0 Å². The molecule has 18 heavy (non-hydrogen) atoms. The van der Waals surface area contributed by atoms with Crippen LogP contribution in [0.4, 0.5) is 0 Å². The van der Waals surface area contributed by atoms with Crippen LogP contribution in [-0.2, 0) is 4.74 Å². The van der Waals surface area contributed by atoms with Gasteiger partial charge in [-0.2, -0.15) is 0 Å². The van der Waals surface area contributed by atoms with Crippen molar-refractivity contribution in [2.75, 3.05) is 20.2 Å². The van der Waals surface area contributed by atoms with Gasteiger partial charge in [-0.3, -0.25) is 0 Å². The first-order chi connectivity index (χ1) is 8.52. The number of fused-ring (bicyclic) bond motifs is 2. The van der Waals surface area contributed by atoms with Crippen molar-refractivity contribution in [2.24, 2.45) is 16.7 Å². The molecule has 0 aliphatic heterocycles.